The lowest BCUT2D eigenvalue weighted by molar-refractivity contribution is 0.102. The van der Waals surface area contributed by atoms with Crippen molar-refractivity contribution in [3.8, 4) is 5.75 Å². The van der Waals surface area contributed by atoms with Gasteiger partial charge in [0.1, 0.15) is 5.75 Å². The lowest BCUT2D eigenvalue weighted by atomic mass is 10.2. The number of ether oxygens (including phenoxy) is 1. The normalized spacial score (nSPS) is 10.2. The van der Waals surface area contributed by atoms with Gasteiger partial charge in [-0.25, -0.2) is 4.98 Å². The van der Waals surface area contributed by atoms with E-state index in [-0.39, 0.29) is 11.6 Å². The van der Waals surface area contributed by atoms with Gasteiger partial charge in [0.25, 0.3) is 5.91 Å². The monoisotopic (exact) mass is 305 g/mol. The molecule has 1 aromatic carbocycles. The van der Waals surface area contributed by atoms with Crippen LogP contribution in [0.1, 0.15) is 23.8 Å². The number of pyridine rings is 1. The lowest BCUT2D eigenvalue weighted by Crippen LogP contribution is -2.15. The number of carbonyl (C=O) groups is 1. The summed E-state index contributed by atoms with van der Waals surface area (Å²) in [5.74, 6) is 0.209. The fourth-order valence-corrected chi connectivity index (χ4v) is 1.94. The van der Waals surface area contributed by atoms with Crippen molar-refractivity contribution in [1.82, 2.24) is 4.98 Å². The minimum Gasteiger partial charge on any atom is -0.492 e. The predicted molar refractivity (Wildman–Crippen MR) is 83.8 cm³/mol. The number of benzene rings is 1. The van der Waals surface area contributed by atoms with Crippen LogP contribution in [0, 0.1) is 0 Å². The largest absolute Gasteiger partial charge is 0.492 e. The molecule has 2 aromatic rings. The Bertz CT molecular complexity index is 647. The maximum absolute atomic E-state index is 12.1. The number of halogens is 1. The molecular formula is C15H16ClN3O2. The number of amides is 1. The summed E-state index contributed by atoms with van der Waals surface area (Å²) < 4.78 is 5.47. The van der Waals surface area contributed by atoms with E-state index in [4.69, 9.17) is 22.1 Å². The van der Waals surface area contributed by atoms with Crippen molar-refractivity contribution >= 4 is 28.9 Å². The number of hydrogen-bond donors (Lipinski definition) is 2. The minimum atomic E-state index is -0.383. The predicted octanol–water partition coefficient (Wildman–Crippen LogP) is 3.36. The third-order valence-corrected chi connectivity index (χ3v) is 3.00. The Morgan fingerprint density at radius 1 is 1.43 bits per heavy atom. The van der Waals surface area contributed by atoms with E-state index in [9.17, 15) is 4.79 Å². The second-order valence-electron chi connectivity index (χ2n) is 4.39. The molecule has 0 radical (unpaired) electrons. The SMILES string of the molecule is CCCOc1ccc(NC(=O)c2ncccc2N)cc1Cl. The zero-order valence-corrected chi connectivity index (χ0v) is 12.4. The molecule has 0 bridgehead atoms. The van der Waals surface area contributed by atoms with E-state index in [0.717, 1.165) is 6.42 Å². The van der Waals surface area contributed by atoms with Gasteiger partial charge in [0.2, 0.25) is 0 Å². The highest BCUT2D eigenvalue weighted by molar-refractivity contribution is 6.32. The van der Waals surface area contributed by atoms with Crippen molar-refractivity contribution in [2.75, 3.05) is 17.7 Å². The van der Waals surface area contributed by atoms with Gasteiger partial charge in [-0.1, -0.05) is 18.5 Å². The van der Waals surface area contributed by atoms with Gasteiger partial charge in [-0.05, 0) is 36.8 Å². The Labute approximate surface area is 128 Å². The molecular weight excluding hydrogens is 290 g/mol. The van der Waals surface area contributed by atoms with Crippen molar-refractivity contribution in [2.24, 2.45) is 0 Å². The molecule has 0 saturated heterocycles. The number of nitrogens with two attached hydrogens (primary N) is 1. The molecule has 110 valence electrons. The van der Waals surface area contributed by atoms with Crippen molar-refractivity contribution in [3.63, 3.8) is 0 Å². The van der Waals surface area contributed by atoms with E-state index in [2.05, 4.69) is 10.3 Å². The quantitative estimate of drug-likeness (QED) is 0.888. The number of aromatic nitrogens is 1. The highest BCUT2D eigenvalue weighted by Crippen LogP contribution is 2.28. The molecule has 0 aliphatic rings. The fourth-order valence-electron chi connectivity index (χ4n) is 1.71. The molecule has 0 unspecified atom stereocenters. The van der Waals surface area contributed by atoms with Crippen LogP contribution in [0.15, 0.2) is 36.5 Å². The second-order valence-corrected chi connectivity index (χ2v) is 4.80. The van der Waals surface area contributed by atoms with Crippen LogP contribution >= 0.6 is 11.6 Å². The first-order valence-corrected chi connectivity index (χ1v) is 6.93. The van der Waals surface area contributed by atoms with Gasteiger partial charge in [0.05, 0.1) is 17.3 Å². The summed E-state index contributed by atoms with van der Waals surface area (Å²) in [4.78, 5) is 16.0. The first-order chi connectivity index (χ1) is 10.1. The Kier molecular flexibility index (Phi) is 5.00. The zero-order chi connectivity index (χ0) is 15.2. The lowest BCUT2D eigenvalue weighted by Gasteiger charge is -2.10. The third kappa shape index (κ3) is 3.86. The van der Waals surface area contributed by atoms with Gasteiger partial charge in [0.15, 0.2) is 5.69 Å². The molecule has 0 aliphatic carbocycles. The summed E-state index contributed by atoms with van der Waals surface area (Å²) in [6.45, 7) is 2.61. The molecule has 0 fully saturated rings. The molecule has 5 nitrogen and oxygen atoms in total. The molecule has 0 saturated carbocycles. The van der Waals surface area contributed by atoms with E-state index < -0.39 is 0 Å². The molecule has 1 heterocycles. The number of rotatable bonds is 5. The van der Waals surface area contributed by atoms with Crippen molar-refractivity contribution in [3.05, 3.63) is 47.2 Å². The maximum Gasteiger partial charge on any atom is 0.276 e. The summed E-state index contributed by atoms with van der Waals surface area (Å²) >= 11 is 6.11. The molecule has 6 heteroatoms. The first-order valence-electron chi connectivity index (χ1n) is 6.56. The smallest absolute Gasteiger partial charge is 0.276 e. The molecule has 1 aromatic heterocycles. The molecule has 3 N–H and O–H groups in total. The van der Waals surface area contributed by atoms with Crippen molar-refractivity contribution in [1.29, 1.82) is 0 Å². The van der Waals surface area contributed by atoms with Gasteiger partial charge >= 0.3 is 0 Å². The molecule has 2 rings (SSSR count). The fraction of sp³-hybridized carbons (Fsp3) is 0.200. The summed E-state index contributed by atoms with van der Waals surface area (Å²) in [5, 5.41) is 3.14. The van der Waals surface area contributed by atoms with E-state index in [1.165, 1.54) is 6.20 Å². The van der Waals surface area contributed by atoms with E-state index >= 15 is 0 Å². The van der Waals surface area contributed by atoms with E-state index in [1.54, 1.807) is 30.3 Å². The van der Waals surface area contributed by atoms with Gasteiger partial charge in [-0.15, -0.1) is 0 Å². The average molecular weight is 306 g/mol. The number of nitrogens with one attached hydrogen (secondary N) is 1. The molecule has 1 amide bonds. The zero-order valence-electron chi connectivity index (χ0n) is 11.6. The number of nitrogen functional groups attached to an aromatic ring is 1. The minimum absolute atomic E-state index is 0.180. The van der Waals surface area contributed by atoms with Crippen molar-refractivity contribution in [2.45, 2.75) is 13.3 Å². The Hall–Kier alpha value is -2.27. The van der Waals surface area contributed by atoms with Crippen LogP contribution in [0.3, 0.4) is 0 Å². The van der Waals surface area contributed by atoms with Crippen molar-refractivity contribution < 1.29 is 9.53 Å². The summed E-state index contributed by atoms with van der Waals surface area (Å²) in [6, 6.07) is 8.35. The van der Waals surface area contributed by atoms with Crippen LogP contribution in [0.25, 0.3) is 0 Å². The van der Waals surface area contributed by atoms with Crippen LogP contribution in [0.5, 0.6) is 5.75 Å². The number of anilines is 2. The topological polar surface area (TPSA) is 77.2 Å². The Morgan fingerprint density at radius 2 is 2.24 bits per heavy atom. The van der Waals surface area contributed by atoms with Crippen LogP contribution in [-0.4, -0.2) is 17.5 Å². The van der Waals surface area contributed by atoms with Gasteiger partial charge in [-0.3, -0.25) is 4.79 Å². The first kappa shape index (κ1) is 15.1. The Balaban J connectivity index is 2.11. The maximum atomic E-state index is 12.1. The highest BCUT2D eigenvalue weighted by Gasteiger charge is 2.12. The molecule has 0 aliphatic heterocycles. The van der Waals surface area contributed by atoms with Crippen LogP contribution < -0.4 is 15.8 Å². The van der Waals surface area contributed by atoms with E-state index in [1.807, 2.05) is 6.92 Å². The third-order valence-electron chi connectivity index (χ3n) is 2.71. The van der Waals surface area contributed by atoms with Gasteiger partial charge in [-0.2, -0.15) is 0 Å². The summed E-state index contributed by atoms with van der Waals surface area (Å²) in [7, 11) is 0. The Morgan fingerprint density at radius 3 is 2.90 bits per heavy atom. The van der Waals surface area contributed by atoms with Crippen LogP contribution in [0.4, 0.5) is 11.4 Å². The average Bonchev–Trinajstić information content (AvgIpc) is 2.47. The summed E-state index contributed by atoms with van der Waals surface area (Å²) in [6.07, 6.45) is 2.41. The molecule has 0 spiro atoms. The summed E-state index contributed by atoms with van der Waals surface area (Å²) in [5.41, 5.74) is 6.77. The molecule has 21 heavy (non-hydrogen) atoms. The second kappa shape index (κ2) is 6.95. The highest BCUT2D eigenvalue weighted by atomic mass is 35.5. The standard InChI is InChI=1S/C15H16ClN3O2/c1-2-8-21-13-6-5-10(9-11(13)16)19-15(20)14-12(17)4-3-7-18-14/h3-7,9H,2,8,17H2,1H3,(H,19,20). The van der Waals surface area contributed by atoms with Gasteiger partial charge < -0.3 is 15.8 Å². The number of carbonyl (C=O) groups excluding carboxylic acids is 1. The number of nitrogens with zero attached hydrogens (tertiary/aromatic N) is 1. The van der Waals surface area contributed by atoms with Crippen LogP contribution in [0.2, 0.25) is 5.02 Å². The molecule has 0 atom stereocenters. The van der Waals surface area contributed by atoms with Gasteiger partial charge in [0, 0.05) is 11.9 Å². The van der Waals surface area contributed by atoms with E-state index in [0.29, 0.717) is 28.8 Å². The number of hydrogen-bond acceptors (Lipinski definition) is 4. The van der Waals surface area contributed by atoms with Crippen LogP contribution in [-0.2, 0) is 0 Å².